The fourth-order valence-corrected chi connectivity index (χ4v) is 3.23. The molecular weight excluding hydrogens is 241 g/mol. The average molecular weight is 259 g/mol. The van der Waals surface area contributed by atoms with E-state index in [1.165, 1.54) is 18.9 Å². The van der Waals surface area contributed by atoms with Crippen molar-refractivity contribution in [2.24, 2.45) is 5.92 Å². The van der Waals surface area contributed by atoms with E-state index >= 15 is 0 Å². The highest BCUT2D eigenvalue weighted by atomic mass is 19.1. The van der Waals surface area contributed by atoms with E-state index in [9.17, 15) is 4.39 Å². The van der Waals surface area contributed by atoms with Crippen LogP contribution in [-0.4, -0.2) is 22.6 Å². The van der Waals surface area contributed by atoms with Crippen molar-refractivity contribution in [3.05, 3.63) is 29.8 Å². The zero-order valence-corrected chi connectivity index (χ0v) is 11.1. The van der Waals surface area contributed by atoms with Gasteiger partial charge in [0.15, 0.2) is 5.82 Å². The van der Waals surface area contributed by atoms with Gasteiger partial charge in [-0.05, 0) is 37.4 Å². The van der Waals surface area contributed by atoms with E-state index in [0.29, 0.717) is 23.4 Å². The van der Waals surface area contributed by atoms with Gasteiger partial charge in [0, 0.05) is 18.5 Å². The summed E-state index contributed by atoms with van der Waals surface area (Å²) in [4.78, 5) is 4.65. The second-order valence-corrected chi connectivity index (χ2v) is 5.92. The molecule has 1 aliphatic heterocycles. The van der Waals surface area contributed by atoms with Crippen LogP contribution in [-0.2, 0) is 0 Å². The maximum atomic E-state index is 14.0. The topological polar surface area (TPSA) is 29.9 Å². The first-order valence-electron chi connectivity index (χ1n) is 7.13. The Morgan fingerprint density at radius 1 is 1.32 bits per heavy atom. The Labute approximate surface area is 111 Å². The predicted molar refractivity (Wildman–Crippen MR) is 72.7 cm³/mol. The second kappa shape index (κ2) is 4.04. The lowest BCUT2D eigenvalue weighted by molar-refractivity contribution is 0.519. The van der Waals surface area contributed by atoms with E-state index in [4.69, 9.17) is 0 Å². The highest BCUT2D eigenvalue weighted by Gasteiger charge is 2.35. The Bertz CT molecular complexity index is 630. The third-order valence-corrected chi connectivity index (χ3v) is 4.46. The summed E-state index contributed by atoms with van der Waals surface area (Å²) in [5, 5.41) is 3.42. The fourth-order valence-electron chi connectivity index (χ4n) is 3.23. The molecule has 1 aromatic carbocycles. The van der Waals surface area contributed by atoms with Crippen molar-refractivity contribution in [2.75, 3.05) is 13.1 Å². The lowest BCUT2D eigenvalue weighted by Gasteiger charge is -2.16. The number of imidazole rings is 1. The smallest absolute Gasteiger partial charge is 0.151 e. The van der Waals surface area contributed by atoms with Crippen LogP contribution in [0.5, 0.6) is 0 Å². The molecule has 2 aliphatic rings. The van der Waals surface area contributed by atoms with Crippen LogP contribution >= 0.6 is 0 Å². The van der Waals surface area contributed by atoms with E-state index in [2.05, 4.69) is 21.8 Å². The van der Waals surface area contributed by atoms with Gasteiger partial charge in [-0.3, -0.25) is 0 Å². The second-order valence-electron chi connectivity index (χ2n) is 5.92. The van der Waals surface area contributed by atoms with E-state index in [-0.39, 0.29) is 5.82 Å². The summed E-state index contributed by atoms with van der Waals surface area (Å²) < 4.78 is 16.3. The van der Waals surface area contributed by atoms with Gasteiger partial charge in [0.05, 0.1) is 5.52 Å². The molecule has 100 valence electrons. The number of nitrogens with one attached hydrogen (secondary N) is 1. The molecule has 2 heterocycles. The number of halogens is 1. The van der Waals surface area contributed by atoms with E-state index < -0.39 is 0 Å². The normalized spacial score (nSPS) is 27.3. The Morgan fingerprint density at radius 2 is 2.16 bits per heavy atom. The summed E-state index contributed by atoms with van der Waals surface area (Å²) >= 11 is 0. The molecule has 4 heteroatoms. The van der Waals surface area contributed by atoms with E-state index in [0.717, 1.165) is 24.4 Å². The first kappa shape index (κ1) is 11.4. The van der Waals surface area contributed by atoms with Gasteiger partial charge < -0.3 is 9.88 Å². The molecule has 0 bridgehead atoms. The summed E-state index contributed by atoms with van der Waals surface area (Å²) in [5.41, 5.74) is 1.51. The zero-order valence-electron chi connectivity index (χ0n) is 11.1. The third-order valence-electron chi connectivity index (χ3n) is 4.46. The van der Waals surface area contributed by atoms with Crippen molar-refractivity contribution in [1.29, 1.82) is 0 Å². The monoisotopic (exact) mass is 259 g/mol. The number of aromatic nitrogens is 2. The molecule has 2 fully saturated rings. The average Bonchev–Trinajstić information content (AvgIpc) is 3.02. The van der Waals surface area contributed by atoms with Crippen molar-refractivity contribution >= 4 is 11.0 Å². The minimum absolute atomic E-state index is 0.197. The van der Waals surface area contributed by atoms with Gasteiger partial charge in [-0.1, -0.05) is 13.0 Å². The first-order valence-corrected chi connectivity index (χ1v) is 7.13. The van der Waals surface area contributed by atoms with Crippen LogP contribution in [0.4, 0.5) is 4.39 Å². The van der Waals surface area contributed by atoms with Crippen LogP contribution in [0.2, 0.25) is 0 Å². The highest BCUT2D eigenvalue weighted by molar-refractivity contribution is 5.77. The quantitative estimate of drug-likeness (QED) is 0.898. The Balaban J connectivity index is 1.93. The number of fused-ring (bicyclic) bond motifs is 1. The Morgan fingerprint density at radius 3 is 2.84 bits per heavy atom. The summed E-state index contributed by atoms with van der Waals surface area (Å²) in [6, 6.07) is 5.83. The summed E-state index contributed by atoms with van der Waals surface area (Å²) in [7, 11) is 0. The van der Waals surface area contributed by atoms with Gasteiger partial charge in [-0.25, -0.2) is 9.37 Å². The van der Waals surface area contributed by atoms with Gasteiger partial charge in [0.2, 0.25) is 0 Å². The zero-order chi connectivity index (χ0) is 13.0. The standard InChI is InChI=1S/C15H18FN3/c1-9-7-17-8-11(9)15-18-14-12(16)3-2-4-13(14)19(15)10-5-6-10/h2-4,9-11,17H,5-8H2,1H3. The van der Waals surface area contributed by atoms with Crippen LogP contribution in [0, 0.1) is 11.7 Å². The molecule has 0 amide bonds. The van der Waals surface area contributed by atoms with Crippen LogP contribution in [0.1, 0.15) is 37.5 Å². The van der Waals surface area contributed by atoms with Crippen molar-refractivity contribution in [2.45, 2.75) is 31.7 Å². The maximum absolute atomic E-state index is 14.0. The molecule has 3 nitrogen and oxygen atoms in total. The molecule has 2 aromatic rings. The van der Waals surface area contributed by atoms with Gasteiger partial charge in [0.25, 0.3) is 0 Å². The van der Waals surface area contributed by atoms with E-state index in [1.54, 1.807) is 6.07 Å². The summed E-state index contributed by atoms with van der Waals surface area (Å²) in [6.07, 6.45) is 2.40. The molecule has 1 aliphatic carbocycles. The van der Waals surface area contributed by atoms with Gasteiger partial charge in [0.1, 0.15) is 11.3 Å². The minimum Gasteiger partial charge on any atom is -0.324 e. The van der Waals surface area contributed by atoms with Gasteiger partial charge in [-0.2, -0.15) is 0 Å². The molecule has 0 radical (unpaired) electrons. The highest BCUT2D eigenvalue weighted by Crippen LogP contribution is 2.42. The van der Waals surface area contributed by atoms with Crippen molar-refractivity contribution in [1.82, 2.24) is 14.9 Å². The number of hydrogen-bond donors (Lipinski definition) is 1. The predicted octanol–water partition coefficient (Wildman–Crippen LogP) is 2.83. The van der Waals surface area contributed by atoms with Crippen molar-refractivity contribution in [3.63, 3.8) is 0 Å². The van der Waals surface area contributed by atoms with Gasteiger partial charge in [-0.15, -0.1) is 0 Å². The first-order chi connectivity index (χ1) is 9.25. The number of hydrogen-bond acceptors (Lipinski definition) is 2. The van der Waals surface area contributed by atoms with Crippen LogP contribution in [0.3, 0.4) is 0 Å². The molecule has 2 atom stereocenters. The van der Waals surface area contributed by atoms with Gasteiger partial charge >= 0.3 is 0 Å². The number of rotatable bonds is 2. The van der Waals surface area contributed by atoms with Crippen LogP contribution < -0.4 is 5.32 Å². The molecular formula is C15H18FN3. The number of nitrogens with zero attached hydrogens (tertiary/aromatic N) is 2. The minimum atomic E-state index is -0.197. The molecule has 19 heavy (non-hydrogen) atoms. The number of para-hydroxylation sites is 1. The third kappa shape index (κ3) is 1.70. The molecule has 2 unspecified atom stereocenters. The van der Waals surface area contributed by atoms with Crippen LogP contribution in [0.15, 0.2) is 18.2 Å². The summed E-state index contributed by atoms with van der Waals surface area (Å²) in [5.74, 6) is 1.86. The largest absolute Gasteiger partial charge is 0.324 e. The Hall–Kier alpha value is -1.42. The molecule has 1 N–H and O–H groups in total. The lowest BCUT2D eigenvalue weighted by Crippen LogP contribution is -2.14. The summed E-state index contributed by atoms with van der Waals surface area (Å²) in [6.45, 7) is 4.23. The molecule has 1 saturated heterocycles. The van der Waals surface area contributed by atoms with Crippen molar-refractivity contribution < 1.29 is 4.39 Å². The van der Waals surface area contributed by atoms with E-state index in [1.807, 2.05) is 6.07 Å². The Kier molecular flexibility index (Phi) is 2.42. The molecule has 1 aromatic heterocycles. The molecule has 4 rings (SSSR count). The van der Waals surface area contributed by atoms with Crippen molar-refractivity contribution in [3.8, 4) is 0 Å². The van der Waals surface area contributed by atoms with Crippen LogP contribution in [0.25, 0.3) is 11.0 Å². The fraction of sp³-hybridized carbons (Fsp3) is 0.533. The maximum Gasteiger partial charge on any atom is 0.151 e. The number of benzene rings is 1. The SMILES string of the molecule is CC1CNCC1c1nc2c(F)cccc2n1C1CC1. The molecule has 1 saturated carbocycles. The molecule has 0 spiro atoms. The lowest BCUT2D eigenvalue weighted by atomic mass is 9.97.